The van der Waals surface area contributed by atoms with Crippen molar-refractivity contribution in [2.75, 3.05) is 24.7 Å². The first-order chi connectivity index (χ1) is 6.33. The minimum atomic E-state index is -0.555. The van der Waals surface area contributed by atoms with Crippen LogP contribution in [-0.2, 0) is 4.74 Å². The van der Waals surface area contributed by atoms with Crippen LogP contribution in [0.25, 0.3) is 0 Å². The fourth-order valence-corrected chi connectivity index (χ4v) is 2.47. The third-order valence-corrected chi connectivity index (χ3v) is 3.17. The van der Waals surface area contributed by atoms with Gasteiger partial charge in [0.25, 0.3) is 0 Å². The molecule has 0 spiro atoms. The van der Waals surface area contributed by atoms with Gasteiger partial charge in [0.05, 0.1) is 12.7 Å². The average Bonchev–Trinajstić information content (AvgIpc) is 2.20. The van der Waals surface area contributed by atoms with E-state index in [9.17, 15) is 0 Å². The van der Waals surface area contributed by atoms with Gasteiger partial charge in [-0.15, -0.1) is 0 Å². The summed E-state index contributed by atoms with van der Waals surface area (Å²) in [5, 5.41) is 17.6. The minimum Gasteiger partial charge on any atom is -0.396 e. The predicted octanol–water partition coefficient (Wildman–Crippen LogP) is 1.17. The monoisotopic (exact) mass is 201 g/mol. The molecule has 1 aliphatic heterocycles. The summed E-state index contributed by atoms with van der Waals surface area (Å²) in [7, 11) is 0. The fourth-order valence-electron chi connectivity index (χ4n) is 1.32. The molecule has 1 N–H and O–H groups in total. The van der Waals surface area contributed by atoms with Crippen LogP contribution in [-0.4, -0.2) is 35.4 Å². The predicted molar refractivity (Wildman–Crippen MR) is 52.6 cm³/mol. The lowest BCUT2D eigenvalue weighted by Crippen LogP contribution is -2.35. The quantitative estimate of drug-likeness (QED) is 0.694. The van der Waals surface area contributed by atoms with Crippen molar-refractivity contribution in [3.05, 3.63) is 0 Å². The van der Waals surface area contributed by atoms with Gasteiger partial charge in [-0.3, -0.25) is 0 Å². The van der Waals surface area contributed by atoms with E-state index >= 15 is 0 Å². The molecule has 0 aromatic rings. The maximum atomic E-state index is 8.99. The van der Waals surface area contributed by atoms with Crippen LogP contribution in [0.15, 0.2) is 0 Å². The molecule has 74 valence electrons. The maximum Gasteiger partial charge on any atom is 0.155 e. The molecule has 4 heteroatoms. The van der Waals surface area contributed by atoms with Crippen molar-refractivity contribution >= 4 is 11.8 Å². The van der Waals surface area contributed by atoms with E-state index in [1.165, 1.54) is 0 Å². The first kappa shape index (κ1) is 10.8. The van der Waals surface area contributed by atoms with E-state index in [0.29, 0.717) is 13.0 Å². The Hall–Kier alpha value is -0.240. The van der Waals surface area contributed by atoms with Crippen molar-refractivity contribution in [2.24, 2.45) is 0 Å². The van der Waals surface area contributed by atoms with Gasteiger partial charge in [-0.1, -0.05) is 0 Å². The lowest BCUT2D eigenvalue weighted by Gasteiger charge is -2.30. The molecule has 0 aromatic carbocycles. The molecule has 0 aliphatic carbocycles. The first-order valence-electron chi connectivity index (χ1n) is 4.57. The Kier molecular flexibility index (Phi) is 4.57. The summed E-state index contributed by atoms with van der Waals surface area (Å²) in [6.07, 6.45) is 2.26. The van der Waals surface area contributed by atoms with Gasteiger partial charge in [0.2, 0.25) is 0 Å². The Morgan fingerprint density at radius 3 is 2.69 bits per heavy atom. The Balaban J connectivity index is 2.35. The standard InChI is InChI=1S/C9H15NO2S/c10-8-9(12-5-1-4-11)2-6-13-7-3-9/h11H,1-7H2. The van der Waals surface area contributed by atoms with Gasteiger partial charge < -0.3 is 9.84 Å². The highest BCUT2D eigenvalue weighted by atomic mass is 32.2. The number of hydrogen-bond donors (Lipinski definition) is 1. The van der Waals surface area contributed by atoms with Gasteiger partial charge in [0.15, 0.2) is 5.60 Å². The van der Waals surface area contributed by atoms with E-state index in [1.807, 2.05) is 11.8 Å². The maximum absolute atomic E-state index is 8.99. The second kappa shape index (κ2) is 5.48. The Morgan fingerprint density at radius 2 is 2.15 bits per heavy atom. The van der Waals surface area contributed by atoms with Crippen LogP contribution in [0.5, 0.6) is 0 Å². The zero-order valence-corrected chi connectivity index (χ0v) is 8.48. The largest absolute Gasteiger partial charge is 0.396 e. The highest BCUT2D eigenvalue weighted by Crippen LogP contribution is 2.29. The van der Waals surface area contributed by atoms with E-state index in [2.05, 4.69) is 6.07 Å². The summed E-state index contributed by atoms with van der Waals surface area (Å²) in [6.45, 7) is 0.630. The Labute approximate surface area is 83.1 Å². The van der Waals surface area contributed by atoms with E-state index in [-0.39, 0.29) is 6.61 Å². The number of hydrogen-bond acceptors (Lipinski definition) is 4. The third kappa shape index (κ3) is 3.18. The van der Waals surface area contributed by atoms with Crippen molar-refractivity contribution in [1.82, 2.24) is 0 Å². The summed E-state index contributed by atoms with van der Waals surface area (Å²) in [5.74, 6) is 2.01. The molecule has 1 heterocycles. The van der Waals surface area contributed by atoms with E-state index in [1.54, 1.807) is 0 Å². The highest BCUT2D eigenvalue weighted by Gasteiger charge is 2.32. The lowest BCUT2D eigenvalue weighted by molar-refractivity contribution is -0.0136. The van der Waals surface area contributed by atoms with Crippen molar-refractivity contribution in [3.63, 3.8) is 0 Å². The molecule has 0 atom stereocenters. The lowest BCUT2D eigenvalue weighted by atomic mass is 9.98. The molecule has 0 radical (unpaired) electrons. The van der Waals surface area contributed by atoms with Crippen LogP contribution in [0.3, 0.4) is 0 Å². The van der Waals surface area contributed by atoms with Crippen LogP contribution in [0.4, 0.5) is 0 Å². The normalized spacial score (nSPS) is 20.9. The second-order valence-corrected chi connectivity index (χ2v) is 4.37. The van der Waals surface area contributed by atoms with Gasteiger partial charge in [0.1, 0.15) is 0 Å². The van der Waals surface area contributed by atoms with Gasteiger partial charge in [-0.05, 0) is 30.8 Å². The minimum absolute atomic E-state index is 0.135. The molecule has 0 bridgehead atoms. The second-order valence-electron chi connectivity index (χ2n) is 3.14. The van der Waals surface area contributed by atoms with Crippen LogP contribution >= 0.6 is 11.8 Å². The summed E-state index contributed by atoms with van der Waals surface area (Å²) in [6, 6.07) is 2.26. The smallest absolute Gasteiger partial charge is 0.155 e. The fraction of sp³-hybridized carbons (Fsp3) is 0.889. The molecule has 0 unspecified atom stereocenters. The van der Waals surface area contributed by atoms with Crippen molar-refractivity contribution < 1.29 is 9.84 Å². The molecular weight excluding hydrogens is 186 g/mol. The molecule has 1 fully saturated rings. The topological polar surface area (TPSA) is 53.2 Å². The molecule has 0 aromatic heterocycles. The molecule has 13 heavy (non-hydrogen) atoms. The zero-order chi connectivity index (χ0) is 9.57. The summed E-state index contributed by atoms with van der Waals surface area (Å²) >= 11 is 1.87. The highest BCUT2D eigenvalue weighted by molar-refractivity contribution is 7.99. The average molecular weight is 201 g/mol. The number of rotatable bonds is 4. The number of thioether (sulfide) groups is 1. The number of nitrogens with zero attached hydrogens (tertiary/aromatic N) is 1. The summed E-state index contributed by atoms with van der Waals surface area (Å²) in [5.41, 5.74) is -0.555. The molecule has 0 amide bonds. The van der Waals surface area contributed by atoms with Crippen molar-refractivity contribution in [2.45, 2.75) is 24.9 Å². The van der Waals surface area contributed by atoms with Gasteiger partial charge in [0, 0.05) is 6.61 Å². The summed E-state index contributed by atoms with van der Waals surface area (Å²) in [4.78, 5) is 0. The van der Waals surface area contributed by atoms with Crippen LogP contribution < -0.4 is 0 Å². The van der Waals surface area contributed by atoms with E-state index in [0.717, 1.165) is 24.3 Å². The number of ether oxygens (including phenoxy) is 1. The molecule has 0 saturated carbocycles. The van der Waals surface area contributed by atoms with E-state index in [4.69, 9.17) is 15.1 Å². The molecule has 1 saturated heterocycles. The third-order valence-electron chi connectivity index (χ3n) is 2.19. The first-order valence-corrected chi connectivity index (χ1v) is 5.72. The molecule has 3 nitrogen and oxygen atoms in total. The SMILES string of the molecule is N#CC1(OCCCO)CCSCC1. The van der Waals surface area contributed by atoms with Gasteiger partial charge in [-0.25, -0.2) is 0 Å². The van der Waals surface area contributed by atoms with Crippen molar-refractivity contribution in [3.8, 4) is 6.07 Å². The zero-order valence-electron chi connectivity index (χ0n) is 7.66. The number of nitriles is 1. The van der Waals surface area contributed by atoms with Crippen LogP contribution in [0.2, 0.25) is 0 Å². The Morgan fingerprint density at radius 1 is 1.46 bits per heavy atom. The van der Waals surface area contributed by atoms with Crippen molar-refractivity contribution in [1.29, 1.82) is 5.26 Å². The molecule has 1 rings (SSSR count). The van der Waals surface area contributed by atoms with Gasteiger partial charge in [-0.2, -0.15) is 17.0 Å². The molecule has 1 aliphatic rings. The Bertz CT molecular complexity index is 185. The van der Waals surface area contributed by atoms with Gasteiger partial charge >= 0.3 is 0 Å². The van der Waals surface area contributed by atoms with Crippen LogP contribution in [0, 0.1) is 11.3 Å². The summed E-state index contributed by atoms with van der Waals surface area (Å²) < 4.78 is 5.53. The number of aliphatic hydroxyl groups excluding tert-OH is 1. The number of aliphatic hydroxyl groups is 1. The van der Waals surface area contributed by atoms with E-state index < -0.39 is 5.60 Å². The molecular formula is C9H15NO2S. The van der Waals surface area contributed by atoms with Crippen LogP contribution in [0.1, 0.15) is 19.3 Å².